The maximum absolute atomic E-state index is 11.7. The van der Waals surface area contributed by atoms with Crippen LogP contribution in [-0.2, 0) is 0 Å². The molecule has 0 spiro atoms. The Hall–Kier alpha value is -2.93. The average molecular weight is 399 g/mol. The second kappa shape index (κ2) is 10.0. The van der Waals surface area contributed by atoms with Crippen LogP contribution >= 0.6 is 0 Å². The molecule has 0 saturated carbocycles. The number of methoxy groups -OCH3 is 2. The molecule has 1 N–H and O–H groups in total. The van der Waals surface area contributed by atoms with Gasteiger partial charge in [-0.05, 0) is 49.4 Å². The summed E-state index contributed by atoms with van der Waals surface area (Å²) in [5.41, 5.74) is 1.80. The lowest BCUT2D eigenvalue weighted by Crippen LogP contribution is -2.47. The van der Waals surface area contributed by atoms with Crippen molar-refractivity contribution < 1.29 is 19.4 Å². The number of piperazine rings is 1. The fraction of sp³-hybridized carbons (Fsp3) is 0.409. The van der Waals surface area contributed by atoms with E-state index in [1.807, 2.05) is 24.3 Å². The Morgan fingerprint density at radius 3 is 2.31 bits per heavy atom. The highest BCUT2D eigenvalue weighted by atomic mass is 16.5. The predicted octanol–water partition coefficient (Wildman–Crippen LogP) is 3.40. The zero-order valence-electron chi connectivity index (χ0n) is 17.1. The van der Waals surface area contributed by atoms with Gasteiger partial charge < -0.3 is 19.5 Å². The molecule has 1 fully saturated rings. The van der Waals surface area contributed by atoms with Crippen molar-refractivity contribution in [2.24, 2.45) is 0 Å². The van der Waals surface area contributed by atoms with Crippen LogP contribution in [-0.4, -0.2) is 69.6 Å². The Kier molecular flexibility index (Phi) is 7.19. The standard InChI is InChI=1S/C22H29N3O4/c1-28-19-10-8-18(9-11-19)24-16-14-23(15-17-24)12-5-13-25(22(26)27)20-6-3-4-7-21(20)29-2/h3-4,6-11H,5,12-17H2,1-2H3,(H,26,27). The monoisotopic (exact) mass is 399 g/mol. The summed E-state index contributed by atoms with van der Waals surface area (Å²) in [6.45, 7) is 5.16. The molecule has 1 saturated heterocycles. The van der Waals surface area contributed by atoms with Crippen LogP contribution in [0.4, 0.5) is 16.2 Å². The van der Waals surface area contributed by atoms with Gasteiger partial charge in [0.15, 0.2) is 0 Å². The molecule has 0 aliphatic carbocycles. The van der Waals surface area contributed by atoms with E-state index in [0.29, 0.717) is 18.0 Å². The zero-order valence-corrected chi connectivity index (χ0v) is 17.1. The van der Waals surface area contributed by atoms with Crippen LogP contribution in [0.5, 0.6) is 11.5 Å². The topological polar surface area (TPSA) is 65.5 Å². The largest absolute Gasteiger partial charge is 0.497 e. The normalized spacial score (nSPS) is 14.5. The third kappa shape index (κ3) is 5.32. The first-order valence-corrected chi connectivity index (χ1v) is 9.87. The van der Waals surface area contributed by atoms with Crippen LogP contribution < -0.4 is 19.3 Å². The van der Waals surface area contributed by atoms with Crippen molar-refractivity contribution in [3.63, 3.8) is 0 Å². The van der Waals surface area contributed by atoms with Gasteiger partial charge in [-0.15, -0.1) is 0 Å². The second-order valence-electron chi connectivity index (χ2n) is 6.99. The van der Waals surface area contributed by atoms with Crippen LogP contribution in [0.3, 0.4) is 0 Å². The van der Waals surface area contributed by atoms with Crippen molar-refractivity contribution in [2.75, 3.05) is 63.3 Å². The summed E-state index contributed by atoms with van der Waals surface area (Å²) in [4.78, 5) is 17.9. The molecule has 29 heavy (non-hydrogen) atoms. The molecule has 2 aromatic carbocycles. The molecule has 3 rings (SSSR count). The quantitative estimate of drug-likeness (QED) is 0.734. The number of anilines is 2. The third-order valence-corrected chi connectivity index (χ3v) is 5.27. The van der Waals surface area contributed by atoms with E-state index in [0.717, 1.165) is 44.9 Å². The van der Waals surface area contributed by atoms with E-state index < -0.39 is 6.09 Å². The number of nitrogens with zero attached hydrogens (tertiary/aromatic N) is 3. The van der Waals surface area contributed by atoms with Gasteiger partial charge in [0.1, 0.15) is 11.5 Å². The third-order valence-electron chi connectivity index (χ3n) is 5.27. The molecule has 1 amide bonds. The molecule has 0 atom stereocenters. The highest BCUT2D eigenvalue weighted by Crippen LogP contribution is 2.28. The Morgan fingerprint density at radius 2 is 1.69 bits per heavy atom. The number of para-hydroxylation sites is 2. The summed E-state index contributed by atoms with van der Waals surface area (Å²) in [7, 11) is 3.23. The molecular formula is C22H29N3O4. The van der Waals surface area contributed by atoms with E-state index >= 15 is 0 Å². The first kappa shape index (κ1) is 20.8. The van der Waals surface area contributed by atoms with Gasteiger partial charge in [-0.3, -0.25) is 9.80 Å². The molecule has 7 heteroatoms. The number of carbonyl (C=O) groups is 1. The van der Waals surface area contributed by atoms with Gasteiger partial charge >= 0.3 is 6.09 Å². The minimum atomic E-state index is -0.959. The first-order valence-electron chi connectivity index (χ1n) is 9.87. The number of amides is 1. The fourth-order valence-corrected chi connectivity index (χ4v) is 3.65. The first-order chi connectivity index (χ1) is 14.1. The summed E-state index contributed by atoms with van der Waals surface area (Å²) < 4.78 is 10.5. The van der Waals surface area contributed by atoms with Crippen LogP contribution in [0.2, 0.25) is 0 Å². The SMILES string of the molecule is COc1ccc(N2CCN(CCCN(C(=O)O)c3ccccc3OC)CC2)cc1. The van der Waals surface area contributed by atoms with E-state index in [9.17, 15) is 9.90 Å². The summed E-state index contributed by atoms with van der Waals surface area (Å²) in [6, 6.07) is 15.4. The van der Waals surface area contributed by atoms with Crippen LogP contribution in [0.25, 0.3) is 0 Å². The summed E-state index contributed by atoms with van der Waals surface area (Å²) in [5, 5.41) is 9.62. The smallest absolute Gasteiger partial charge is 0.411 e. The Bertz CT molecular complexity index is 789. The highest BCUT2D eigenvalue weighted by Gasteiger charge is 2.20. The number of carboxylic acid groups (broad SMARTS) is 1. The molecule has 0 unspecified atom stereocenters. The number of hydrogen-bond donors (Lipinski definition) is 1. The average Bonchev–Trinajstić information content (AvgIpc) is 2.77. The van der Waals surface area contributed by atoms with Crippen LogP contribution in [0.15, 0.2) is 48.5 Å². The Morgan fingerprint density at radius 1 is 1.00 bits per heavy atom. The van der Waals surface area contributed by atoms with E-state index in [1.54, 1.807) is 26.4 Å². The lowest BCUT2D eigenvalue weighted by Gasteiger charge is -2.36. The van der Waals surface area contributed by atoms with E-state index in [-0.39, 0.29) is 0 Å². The van der Waals surface area contributed by atoms with Gasteiger partial charge in [0.05, 0.1) is 19.9 Å². The predicted molar refractivity (Wildman–Crippen MR) is 115 cm³/mol. The Labute approximate surface area is 172 Å². The fourth-order valence-electron chi connectivity index (χ4n) is 3.65. The van der Waals surface area contributed by atoms with Gasteiger partial charge in [-0.2, -0.15) is 0 Å². The zero-order chi connectivity index (χ0) is 20.6. The van der Waals surface area contributed by atoms with Crippen molar-refractivity contribution in [2.45, 2.75) is 6.42 Å². The van der Waals surface area contributed by atoms with E-state index in [1.165, 1.54) is 10.6 Å². The van der Waals surface area contributed by atoms with E-state index in [4.69, 9.17) is 9.47 Å². The summed E-state index contributed by atoms with van der Waals surface area (Å²) in [5.74, 6) is 1.44. The molecule has 2 aromatic rings. The minimum absolute atomic E-state index is 0.439. The molecule has 0 aromatic heterocycles. The van der Waals surface area contributed by atoms with Gasteiger partial charge in [-0.25, -0.2) is 4.79 Å². The van der Waals surface area contributed by atoms with Gasteiger partial charge in [-0.1, -0.05) is 12.1 Å². The number of benzene rings is 2. The Balaban J connectivity index is 1.48. The molecule has 1 heterocycles. The molecule has 156 valence electrons. The number of rotatable bonds is 8. The number of hydrogen-bond acceptors (Lipinski definition) is 5. The van der Waals surface area contributed by atoms with Crippen molar-refractivity contribution in [1.82, 2.24) is 4.90 Å². The second-order valence-corrected chi connectivity index (χ2v) is 6.99. The van der Waals surface area contributed by atoms with Gasteiger partial charge in [0, 0.05) is 38.4 Å². The highest BCUT2D eigenvalue weighted by molar-refractivity contribution is 5.88. The van der Waals surface area contributed by atoms with Crippen molar-refractivity contribution >= 4 is 17.5 Å². The van der Waals surface area contributed by atoms with Crippen molar-refractivity contribution in [3.05, 3.63) is 48.5 Å². The molecule has 7 nitrogen and oxygen atoms in total. The van der Waals surface area contributed by atoms with Crippen LogP contribution in [0, 0.1) is 0 Å². The molecule has 0 radical (unpaired) electrons. The van der Waals surface area contributed by atoms with Crippen LogP contribution in [0.1, 0.15) is 6.42 Å². The van der Waals surface area contributed by atoms with Gasteiger partial charge in [0.25, 0.3) is 0 Å². The molecular weight excluding hydrogens is 370 g/mol. The van der Waals surface area contributed by atoms with Gasteiger partial charge in [0.2, 0.25) is 0 Å². The summed E-state index contributed by atoms with van der Waals surface area (Å²) >= 11 is 0. The number of ether oxygens (including phenoxy) is 2. The maximum Gasteiger partial charge on any atom is 0.411 e. The molecule has 1 aliphatic heterocycles. The lowest BCUT2D eigenvalue weighted by molar-refractivity contribution is 0.200. The lowest BCUT2D eigenvalue weighted by atomic mass is 10.2. The minimum Gasteiger partial charge on any atom is -0.497 e. The summed E-state index contributed by atoms with van der Waals surface area (Å²) in [6.07, 6.45) is -0.189. The maximum atomic E-state index is 11.7. The van der Waals surface area contributed by atoms with E-state index in [2.05, 4.69) is 21.9 Å². The molecule has 0 bridgehead atoms. The molecule has 1 aliphatic rings. The van der Waals surface area contributed by atoms with Crippen molar-refractivity contribution in [3.8, 4) is 11.5 Å². The van der Waals surface area contributed by atoms with Crippen molar-refractivity contribution in [1.29, 1.82) is 0 Å².